The van der Waals surface area contributed by atoms with E-state index < -0.39 is 16.8 Å². The van der Waals surface area contributed by atoms with Gasteiger partial charge in [-0.25, -0.2) is 0 Å². The zero-order valence-electron chi connectivity index (χ0n) is 18.8. The number of amides is 1. The van der Waals surface area contributed by atoms with E-state index in [2.05, 4.69) is 11.9 Å². The third kappa shape index (κ3) is 7.34. The predicted molar refractivity (Wildman–Crippen MR) is 126 cm³/mol. The summed E-state index contributed by atoms with van der Waals surface area (Å²) >= 11 is 0. The van der Waals surface area contributed by atoms with Crippen LogP contribution in [0.5, 0.6) is 5.75 Å². The number of rotatable bonds is 10. The molecule has 0 saturated heterocycles. The smallest absolute Gasteiger partial charge is 0.303 e. The van der Waals surface area contributed by atoms with Crippen LogP contribution >= 0.6 is 0 Å². The third-order valence-electron chi connectivity index (χ3n) is 5.16. The molecule has 0 atom stereocenters. The standard InChI is InChI=1S/C17H15N3O4.C7H14O2/c1-24-16-7-11(17(18)21)3-2-10(16)6-12-9-19-15-5-4-13(20(22)23)8-14(12)15;1-2-3-4-5-6-7(8)9/h2-5,7-9,19H,6H2,1H3,(H2,18,21);2-6H2,1H3,(H,8,9). The number of carboxylic acids is 1. The number of primary amides is 1. The third-order valence-corrected chi connectivity index (χ3v) is 5.16. The number of H-pyrrole nitrogens is 1. The van der Waals surface area contributed by atoms with Crippen molar-refractivity contribution in [2.45, 2.75) is 45.4 Å². The van der Waals surface area contributed by atoms with Crippen LogP contribution < -0.4 is 10.5 Å². The largest absolute Gasteiger partial charge is 0.496 e. The van der Waals surface area contributed by atoms with Crippen LogP contribution in [0.1, 0.15) is 60.5 Å². The molecule has 0 unspecified atom stereocenters. The normalized spacial score (nSPS) is 10.4. The number of aliphatic carboxylic acids is 1. The van der Waals surface area contributed by atoms with Crippen molar-refractivity contribution in [1.82, 2.24) is 4.98 Å². The van der Waals surface area contributed by atoms with Gasteiger partial charge in [0.1, 0.15) is 5.75 Å². The molecule has 0 bridgehead atoms. The van der Waals surface area contributed by atoms with E-state index in [0.717, 1.165) is 41.3 Å². The second kappa shape index (κ2) is 12.2. The van der Waals surface area contributed by atoms with Gasteiger partial charge in [0.05, 0.1) is 12.0 Å². The zero-order valence-corrected chi connectivity index (χ0v) is 18.8. The van der Waals surface area contributed by atoms with Crippen LogP contribution in [0.4, 0.5) is 5.69 Å². The second-order valence-corrected chi connectivity index (χ2v) is 7.57. The van der Waals surface area contributed by atoms with Gasteiger partial charge in [-0.05, 0) is 35.7 Å². The topological polar surface area (TPSA) is 149 Å². The van der Waals surface area contributed by atoms with Gasteiger partial charge >= 0.3 is 5.97 Å². The van der Waals surface area contributed by atoms with Gasteiger partial charge in [0.25, 0.3) is 5.69 Å². The average molecular weight is 456 g/mol. The molecular weight excluding hydrogens is 426 g/mol. The Labute approximate surface area is 191 Å². The number of fused-ring (bicyclic) bond motifs is 1. The van der Waals surface area contributed by atoms with E-state index >= 15 is 0 Å². The summed E-state index contributed by atoms with van der Waals surface area (Å²) in [4.78, 5) is 34.9. The number of aromatic nitrogens is 1. The highest BCUT2D eigenvalue weighted by molar-refractivity contribution is 5.93. The fraction of sp³-hybridized carbons (Fsp3) is 0.333. The number of unbranched alkanes of at least 4 members (excludes halogenated alkanes) is 3. The van der Waals surface area contributed by atoms with Gasteiger partial charge in [0.2, 0.25) is 5.91 Å². The van der Waals surface area contributed by atoms with Crippen molar-refractivity contribution in [3.05, 3.63) is 69.4 Å². The van der Waals surface area contributed by atoms with Crippen molar-refractivity contribution in [1.29, 1.82) is 0 Å². The minimum absolute atomic E-state index is 0.0411. The van der Waals surface area contributed by atoms with Crippen molar-refractivity contribution in [3.8, 4) is 5.75 Å². The first-order valence-electron chi connectivity index (χ1n) is 10.7. The summed E-state index contributed by atoms with van der Waals surface area (Å²) in [5.41, 5.74) is 8.27. The Kier molecular flexibility index (Phi) is 9.41. The van der Waals surface area contributed by atoms with Gasteiger partial charge in [0.15, 0.2) is 0 Å². The fourth-order valence-electron chi connectivity index (χ4n) is 3.38. The molecule has 0 aliphatic rings. The Bertz CT molecular complexity index is 1120. The van der Waals surface area contributed by atoms with Crippen molar-refractivity contribution in [3.63, 3.8) is 0 Å². The number of non-ortho nitro benzene ring substituents is 1. The molecule has 1 amide bonds. The van der Waals surface area contributed by atoms with Gasteiger partial charge in [-0.3, -0.25) is 19.7 Å². The molecule has 9 nitrogen and oxygen atoms in total. The lowest BCUT2D eigenvalue weighted by molar-refractivity contribution is -0.384. The molecule has 4 N–H and O–H groups in total. The first kappa shape index (κ1) is 25.4. The second-order valence-electron chi connectivity index (χ2n) is 7.57. The van der Waals surface area contributed by atoms with Crippen molar-refractivity contribution < 1.29 is 24.4 Å². The number of hydrogen-bond acceptors (Lipinski definition) is 5. The van der Waals surface area contributed by atoms with Crippen molar-refractivity contribution in [2.24, 2.45) is 5.73 Å². The van der Waals surface area contributed by atoms with Gasteiger partial charge in [-0.15, -0.1) is 0 Å². The van der Waals surface area contributed by atoms with Crippen molar-refractivity contribution in [2.75, 3.05) is 7.11 Å². The van der Waals surface area contributed by atoms with Crippen LogP contribution in [0.25, 0.3) is 10.9 Å². The highest BCUT2D eigenvalue weighted by Crippen LogP contribution is 2.29. The number of nitrogens with two attached hydrogens (primary N) is 1. The molecule has 2 aromatic carbocycles. The van der Waals surface area contributed by atoms with Gasteiger partial charge in [-0.1, -0.05) is 32.3 Å². The van der Waals surface area contributed by atoms with Crippen LogP contribution in [0, 0.1) is 10.1 Å². The summed E-state index contributed by atoms with van der Waals surface area (Å²) in [6, 6.07) is 9.70. The number of aromatic amines is 1. The number of nitro benzene ring substituents is 1. The Balaban J connectivity index is 0.000000365. The van der Waals surface area contributed by atoms with Crippen LogP contribution in [-0.2, 0) is 11.2 Å². The number of carboxylic acid groups (broad SMARTS) is 1. The van der Waals surface area contributed by atoms with Gasteiger partial charge < -0.3 is 20.6 Å². The number of nitrogens with zero attached hydrogens (tertiary/aromatic N) is 1. The highest BCUT2D eigenvalue weighted by Gasteiger charge is 2.13. The van der Waals surface area contributed by atoms with Crippen LogP contribution in [0.3, 0.4) is 0 Å². The number of nitrogens with one attached hydrogen (secondary N) is 1. The maximum absolute atomic E-state index is 11.3. The van der Waals surface area contributed by atoms with Crippen LogP contribution in [0.15, 0.2) is 42.6 Å². The Hall–Kier alpha value is -3.88. The van der Waals surface area contributed by atoms with Gasteiger partial charge in [0, 0.05) is 47.6 Å². The molecule has 0 aliphatic heterocycles. The summed E-state index contributed by atoms with van der Waals surface area (Å²) in [5, 5.41) is 20.0. The zero-order chi connectivity index (χ0) is 24.4. The highest BCUT2D eigenvalue weighted by atomic mass is 16.6. The minimum Gasteiger partial charge on any atom is -0.496 e. The van der Waals surface area contributed by atoms with Crippen LogP contribution in [0.2, 0.25) is 0 Å². The van der Waals surface area contributed by atoms with E-state index in [1.165, 1.54) is 19.6 Å². The first-order valence-corrected chi connectivity index (χ1v) is 10.7. The number of hydrogen-bond donors (Lipinski definition) is 3. The van der Waals surface area contributed by atoms with E-state index in [1.54, 1.807) is 30.3 Å². The molecule has 0 saturated carbocycles. The van der Waals surface area contributed by atoms with E-state index in [4.69, 9.17) is 15.6 Å². The molecule has 176 valence electrons. The molecule has 0 radical (unpaired) electrons. The summed E-state index contributed by atoms with van der Waals surface area (Å²) in [5.74, 6) is -0.653. The van der Waals surface area contributed by atoms with E-state index in [0.29, 0.717) is 24.2 Å². The summed E-state index contributed by atoms with van der Waals surface area (Å²) < 4.78 is 5.33. The molecule has 3 aromatic rings. The van der Waals surface area contributed by atoms with Crippen molar-refractivity contribution >= 4 is 28.5 Å². The Morgan fingerprint density at radius 3 is 2.48 bits per heavy atom. The summed E-state index contributed by atoms with van der Waals surface area (Å²) in [6.07, 6.45) is 6.87. The fourth-order valence-corrected chi connectivity index (χ4v) is 3.38. The Morgan fingerprint density at radius 2 is 1.88 bits per heavy atom. The minimum atomic E-state index is -0.675. The summed E-state index contributed by atoms with van der Waals surface area (Å²) in [7, 11) is 1.52. The molecule has 9 heteroatoms. The lowest BCUT2D eigenvalue weighted by Gasteiger charge is -2.09. The Morgan fingerprint density at radius 1 is 1.12 bits per heavy atom. The van der Waals surface area contributed by atoms with Gasteiger partial charge in [-0.2, -0.15) is 0 Å². The molecular formula is C24H29N3O6. The number of nitro groups is 1. The molecule has 0 fully saturated rings. The average Bonchev–Trinajstić information content (AvgIpc) is 3.19. The summed E-state index contributed by atoms with van der Waals surface area (Å²) in [6.45, 7) is 2.11. The molecule has 0 spiro atoms. The number of carbonyl (C=O) groups excluding carboxylic acids is 1. The predicted octanol–water partition coefficient (Wildman–Crippen LogP) is 4.82. The van der Waals surface area contributed by atoms with E-state index in [9.17, 15) is 19.7 Å². The number of methoxy groups -OCH3 is 1. The number of carbonyl (C=O) groups is 2. The molecule has 33 heavy (non-hydrogen) atoms. The molecule has 1 aromatic heterocycles. The van der Waals surface area contributed by atoms with E-state index in [-0.39, 0.29) is 5.69 Å². The first-order chi connectivity index (χ1) is 15.8. The monoisotopic (exact) mass is 455 g/mol. The molecule has 3 rings (SSSR count). The maximum Gasteiger partial charge on any atom is 0.303 e. The van der Waals surface area contributed by atoms with E-state index in [1.807, 2.05) is 6.20 Å². The molecule has 0 aliphatic carbocycles. The lowest BCUT2D eigenvalue weighted by Crippen LogP contribution is -2.11. The lowest BCUT2D eigenvalue weighted by atomic mass is 10.0. The number of ether oxygens (including phenoxy) is 1. The maximum atomic E-state index is 11.3. The number of benzene rings is 2. The van der Waals surface area contributed by atoms with Crippen LogP contribution in [-0.4, -0.2) is 34.0 Å². The SMILES string of the molecule is CCCCCCC(=O)O.COc1cc(C(N)=O)ccc1Cc1c[nH]c2ccc([N+](=O)[O-])cc12. The molecule has 1 heterocycles. The quantitative estimate of drug-likeness (QED) is 0.227.